The van der Waals surface area contributed by atoms with Gasteiger partial charge >= 0.3 is 0 Å². The summed E-state index contributed by atoms with van der Waals surface area (Å²) in [6.45, 7) is 6.41. The number of hydrogen-bond donors (Lipinski definition) is 1. The van der Waals surface area contributed by atoms with Crippen LogP contribution in [-0.2, 0) is 4.79 Å². The molecule has 0 saturated carbocycles. The monoisotopic (exact) mass is 304 g/mol. The van der Waals surface area contributed by atoms with Crippen LogP contribution in [0, 0.1) is 11.7 Å². The molecule has 0 spiro atoms. The molecule has 1 amide bonds. The number of amides is 1. The number of carbonyl (C=O) groups excluding carboxylic acids is 1. The summed E-state index contributed by atoms with van der Waals surface area (Å²) in [6, 6.07) is 6.07. The maximum absolute atomic E-state index is 12.8. The van der Waals surface area contributed by atoms with E-state index < -0.39 is 0 Å². The molecule has 0 atom stereocenters. The van der Waals surface area contributed by atoms with Gasteiger partial charge in [0.05, 0.1) is 0 Å². The molecule has 1 aliphatic rings. The van der Waals surface area contributed by atoms with Crippen LogP contribution in [0.25, 0.3) is 6.08 Å². The number of nitrogens with one attached hydrogen (secondary N) is 1. The van der Waals surface area contributed by atoms with Crippen molar-refractivity contribution in [3.63, 3.8) is 0 Å². The smallest absolute Gasteiger partial charge is 0.243 e. The van der Waals surface area contributed by atoms with Gasteiger partial charge in [-0.05, 0) is 68.6 Å². The number of likely N-dealkylation sites (tertiary alicyclic amines) is 1. The predicted octanol–water partition coefficient (Wildman–Crippen LogP) is 3.08. The van der Waals surface area contributed by atoms with Crippen LogP contribution >= 0.6 is 0 Å². The Labute approximate surface area is 132 Å². The third kappa shape index (κ3) is 5.98. The molecule has 1 saturated heterocycles. The molecule has 2 rings (SSSR count). The summed E-state index contributed by atoms with van der Waals surface area (Å²) in [7, 11) is 0. The van der Waals surface area contributed by atoms with Crippen molar-refractivity contribution in [1.29, 1.82) is 0 Å². The van der Waals surface area contributed by atoms with Gasteiger partial charge in [0, 0.05) is 12.6 Å². The summed E-state index contributed by atoms with van der Waals surface area (Å²) in [5, 5.41) is 2.89. The van der Waals surface area contributed by atoms with E-state index in [0.29, 0.717) is 6.54 Å². The molecular weight excluding hydrogens is 279 g/mol. The van der Waals surface area contributed by atoms with Crippen LogP contribution in [0.2, 0.25) is 0 Å². The third-order valence-corrected chi connectivity index (χ3v) is 4.12. The van der Waals surface area contributed by atoms with Crippen LogP contribution in [0.15, 0.2) is 30.3 Å². The number of hydrogen-bond acceptors (Lipinski definition) is 2. The largest absolute Gasteiger partial charge is 0.353 e. The van der Waals surface area contributed by atoms with Crippen molar-refractivity contribution in [2.24, 2.45) is 5.92 Å². The predicted molar refractivity (Wildman–Crippen MR) is 87.9 cm³/mol. The molecule has 1 aromatic carbocycles. The lowest BCUT2D eigenvalue weighted by molar-refractivity contribution is -0.116. The molecule has 0 radical (unpaired) electrons. The Balaban J connectivity index is 1.60. The second-order valence-electron chi connectivity index (χ2n) is 6.05. The molecule has 22 heavy (non-hydrogen) atoms. The average Bonchev–Trinajstić information content (AvgIpc) is 2.53. The fourth-order valence-corrected chi connectivity index (χ4v) is 2.60. The van der Waals surface area contributed by atoms with Crippen LogP contribution < -0.4 is 5.32 Å². The third-order valence-electron chi connectivity index (χ3n) is 4.12. The molecule has 120 valence electrons. The Morgan fingerprint density at radius 2 is 2.00 bits per heavy atom. The van der Waals surface area contributed by atoms with E-state index in [4.69, 9.17) is 0 Å². The van der Waals surface area contributed by atoms with E-state index in [1.165, 1.54) is 44.1 Å². The fourth-order valence-electron chi connectivity index (χ4n) is 2.60. The Kier molecular flexibility index (Phi) is 6.59. The van der Waals surface area contributed by atoms with Crippen molar-refractivity contribution in [1.82, 2.24) is 10.2 Å². The van der Waals surface area contributed by atoms with Crippen molar-refractivity contribution >= 4 is 12.0 Å². The minimum absolute atomic E-state index is 0.100. The molecule has 0 unspecified atom stereocenters. The Morgan fingerprint density at radius 1 is 1.32 bits per heavy atom. The zero-order valence-corrected chi connectivity index (χ0v) is 13.2. The van der Waals surface area contributed by atoms with E-state index in [1.54, 1.807) is 18.2 Å². The molecule has 1 aliphatic heterocycles. The highest BCUT2D eigenvalue weighted by molar-refractivity contribution is 5.91. The van der Waals surface area contributed by atoms with Crippen LogP contribution in [0.4, 0.5) is 4.39 Å². The first-order valence-electron chi connectivity index (χ1n) is 8.07. The van der Waals surface area contributed by atoms with E-state index in [2.05, 4.69) is 17.1 Å². The molecule has 1 heterocycles. The lowest BCUT2D eigenvalue weighted by Gasteiger charge is -2.30. The first kappa shape index (κ1) is 16.7. The van der Waals surface area contributed by atoms with Crippen LogP contribution in [-0.4, -0.2) is 37.0 Å². The highest BCUT2D eigenvalue weighted by Gasteiger charge is 2.14. The topological polar surface area (TPSA) is 32.3 Å². The first-order valence-corrected chi connectivity index (χ1v) is 8.07. The number of carbonyl (C=O) groups is 1. The molecule has 0 aliphatic carbocycles. The molecule has 1 aromatic rings. The number of rotatable bonds is 6. The van der Waals surface area contributed by atoms with Crippen LogP contribution in [0.1, 0.15) is 31.7 Å². The fraction of sp³-hybridized carbons (Fsp3) is 0.500. The highest BCUT2D eigenvalue weighted by atomic mass is 19.1. The van der Waals surface area contributed by atoms with Gasteiger partial charge in [0.25, 0.3) is 0 Å². The summed E-state index contributed by atoms with van der Waals surface area (Å²) >= 11 is 0. The van der Waals surface area contributed by atoms with Gasteiger partial charge in [0.2, 0.25) is 5.91 Å². The molecule has 0 bridgehead atoms. The molecule has 1 fully saturated rings. The Morgan fingerprint density at radius 3 is 2.68 bits per heavy atom. The molecule has 1 N–H and O–H groups in total. The van der Waals surface area contributed by atoms with Crippen molar-refractivity contribution in [2.45, 2.75) is 26.2 Å². The summed E-state index contributed by atoms with van der Waals surface area (Å²) in [4.78, 5) is 14.2. The SMILES string of the molecule is CC1CCN(CCCNC(=O)/C=C/c2ccc(F)cc2)CC1. The quantitative estimate of drug-likeness (QED) is 0.647. The maximum atomic E-state index is 12.8. The minimum atomic E-state index is -0.270. The van der Waals surface area contributed by atoms with Gasteiger partial charge < -0.3 is 10.2 Å². The summed E-state index contributed by atoms with van der Waals surface area (Å²) in [6.07, 6.45) is 6.74. The van der Waals surface area contributed by atoms with E-state index in [9.17, 15) is 9.18 Å². The van der Waals surface area contributed by atoms with Gasteiger partial charge in [0.15, 0.2) is 0 Å². The van der Waals surface area contributed by atoms with Crippen molar-refractivity contribution in [3.05, 3.63) is 41.7 Å². The Hall–Kier alpha value is -1.68. The second kappa shape index (κ2) is 8.69. The second-order valence-corrected chi connectivity index (χ2v) is 6.05. The summed E-state index contributed by atoms with van der Waals surface area (Å²) in [5.74, 6) is 0.484. The van der Waals surface area contributed by atoms with Crippen molar-refractivity contribution in [3.8, 4) is 0 Å². The van der Waals surface area contributed by atoms with Gasteiger partial charge in [-0.3, -0.25) is 4.79 Å². The van der Waals surface area contributed by atoms with Gasteiger partial charge in [-0.1, -0.05) is 19.1 Å². The number of nitrogens with zero attached hydrogens (tertiary/aromatic N) is 1. The standard InChI is InChI=1S/C18H25FN2O/c1-15-9-13-21(14-10-15)12-2-11-20-18(22)8-5-16-3-6-17(19)7-4-16/h3-8,15H,2,9-14H2,1H3,(H,20,22)/b8-5+. The van der Waals surface area contributed by atoms with E-state index >= 15 is 0 Å². The Bertz CT molecular complexity index is 490. The van der Waals surface area contributed by atoms with Crippen LogP contribution in [0.3, 0.4) is 0 Å². The zero-order chi connectivity index (χ0) is 15.8. The van der Waals surface area contributed by atoms with Crippen molar-refractivity contribution < 1.29 is 9.18 Å². The average molecular weight is 304 g/mol. The van der Waals surface area contributed by atoms with Crippen molar-refractivity contribution in [2.75, 3.05) is 26.2 Å². The van der Waals surface area contributed by atoms with E-state index in [0.717, 1.165) is 24.4 Å². The lowest BCUT2D eigenvalue weighted by atomic mass is 9.99. The highest BCUT2D eigenvalue weighted by Crippen LogP contribution is 2.15. The van der Waals surface area contributed by atoms with Crippen LogP contribution in [0.5, 0.6) is 0 Å². The van der Waals surface area contributed by atoms with E-state index in [-0.39, 0.29) is 11.7 Å². The lowest BCUT2D eigenvalue weighted by Crippen LogP contribution is -2.35. The number of piperidine rings is 1. The van der Waals surface area contributed by atoms with E-state index in [1.807, 2.05) is 0 Å². The number of benzene rings is 1. The zero-order valence-electron chi connectivity index (χ0n) is 13.2. The maximum Gasteiger partial charge on any atom is 0.243 e. The molecular formula is C18H25FN2O. The normalized spacial score (nSPS) is 17.0. The number of halogens is 1. The van der Waals surface area contributed by atoms with Gasteiger partial charge in [0.1, 0.15) is 5.82 Å². The summed E-state index contributed by atoms with van der Waals surface area (Å²) in [5.41, 5.74) is 0.819. The van der Waals surface area contributed by atoms with Gasteiger partial charge in [-0.2, -0.15) is 0 Å². The first-order chi connectivity index (χ1) is 10.6. The summed E-state index contributed by atoms with van der Waals surface area (Å²) < 4.78 is 12.8. The van der Waals surface area contributed by atoms with Gasteiger partial charge in [-0.15, -0.1) is 0 Å². The molecule has 4 heteroatoms. The molecule has 0 aromatic heterocycles. The van der Waals surface area contributed by atoms with Gasteiger partial charge in [-0.25, -0.2) is 4.39 Å². The minimum Gasteiger partial charge on any atom is -0.353 e. The molecule has 3 nitrogen and oxygen atoms in total.